The molecule has 114 valence electrons. The third-order valence-corrected chi connectivity index (χ3v) is 5.16. The van der Waals surface area contributed by atoms with Gasteiger partial charge in [-0.15, -0.1) is 22.7 Å². The summed E-state index contributed by atoms with van der Waals surface area (Å²) < 4.78 is 0. The van der Waals surface area contributed by atoms with Gasteiger partial charge in [-0.2, -0.15) is 0 Å². The maximum Gasteiger partial charge on any atom is 0.107 e. The van der Waals surface area contributed by atoms with Crippen molar-refractivity contribution in [1.29, 1.82) is 0 Å². The van der Waals surface area contributed by atoms with Crippen molar-refractivity contribution in [2.75, 3.05) is 39.3 Å². The summed E-state index contributed by atoms with van der Waals surface area (Å²) >= 11 is 3.49. The molecule has 1 fully saturated rings. The van der Waals surface area contributed by atoms with Gasteiger partial charge in [0.25, 0.3) is 0 Å². The molecule has 0 spiro atoms. The third-order valence-electron chi connectivity index (χ3n) is 3.63. The van der Waals surface area contributed by atoms with E-state index in [9.17, 15) is 0 Å². The van der Waals surface area contributed by atoms with Crippen molar-refractivity contribution in [2.24, 2.45) is 0 Å². The van der Waals surface area contributed by atoms with Crippen LogP contribution in [0.25, 0.3) is 0 Å². The summed E-state index contributed by atoms with van der Waals surface area (Å²) in [5, 5.41) is 10.1. The van der Waals surface area contributed by atoms with Crippen LogP contribution in [0.4, 0.5) is 0 Å². The minimum Gasteiger partial charge on any atom is -0.314 e. The molecule has 1 aliphatic heterocycles. The van der Waals surface area contributed by atoms with Crippen LogP contribution in [-0.4, -0.2) is 59.0 Å². The van der Waals surface area contributed by atoms with Gasteiger partial charge in [0.1, 0.15) is 10.0 Å². The van der Waals surface area contributed by atoms with Crippen LogP contribution in [0.2, 0.25) is 0 Å². The molecule has 0 saturated carbocycles. The number of hydrogen-bond donors (Lipinski definition) is 1. The van der Waals surface area contributed by atoms with Gasteiger partial charge in [-0.25, -0.2) is 9.97 Å². The highest BCUT2D eigenvalue weighted by Gasteiger charge is 2.14. The van der Waals surface area contributed by atoms with E-state index in [1.807, 2.05) is 12.4 Å². The molecule has 1 aliphatic rings. The highest BCUT2D eigenvalue weighted by Crippen LogP contribution is 2.11. The third kappa shape index (κ3) is 4.82. The van der Waals surface area contributed by atoms with E-state index >= 15 is 0 Å². The van der Waals surface area contributed by atoms with Crippen molar-refractivity contribution in [3.8, 4) is 0 Å². The molecule has 21 heavy (non-hydrogen) atoms. The van der Waals surface area contributed by atoms with Crippen molar-refractivity contribution < 1.29 is 0 Å². The molecule has 0 aromatic carbocycles. The molecule has 0 radical (unpaired) electrons. The second kappa shape index (κ2) is 7.95. The van der Waals surface area contributed by atoms with Crippen LogP contribution < -0.4 is 5.32 Å². The Morgan fingerprint density at radius 2 is 1.38 bits per heavy atom. The number of nitrogens with one attached hydrogen (secondary N) is 1. The lowest BCUT2D eigenvalue weighted by molar-refractivity contribution is 0.209. The van der Waals surface area contributed by atoms with Crippen LogP contribution >= 0.6 is 22.7 Å². The quantitative estimate of drug-likeness (QED) is 0.924. The molecule has 2 aromatic rings. The average Bonchev–Trinajstić information content (AvgIpc) is 3.16. The normalized spacial score (nSPS) is 19.0. The predicted octanol–water partition coefficient (Wildman–Crippen LogP) is 1.51. The first kappa shape index (κ1) is 15.1. The first-order chi connectivity index (χ1) is 10.4. The smallest absolute Gasteiger partial charge is 0.107 e. The lowest BCUT2D eigenvalue weighted by Crippen LogP contribution is -2.35. The molecule has 7 heteroatoms. The summed E-state index contributed by atoms with van der Waals surface area (Å²) in [6.45, 7) is 8.39. The van der Waals surface area contributed by atoms with Crippen LogP contribution in [0, 0.1) is 0 Å². The van der Waals surface area contributed by atoms with E-state index in [1.165, 1.54) is 10.0 Å². The van der Waals surface area contributed by atoms with Crippen LogP contribution in [0.1, 0.15) is 10.0 Å². The molecule has 2 aromatic heterocycles. The van der Waals surface area contributed by atoms with E-state index in [0.717, 1.165) is 52.4 Å². The van der Waals surface area contributed by atoms with Crippen LogP contribution in [0.15, 0.2) is 23.2 Å². The zero-order valence-corrected chi connectivity index (χ0v) is 13.7. The summed E-state index contributed by atoms with van der Waals surface area (Å²) in [7, 11) is 0. The van der Waals surface area contributed by atoms with Crippen molar-refractivity contribution in [3.63, 3.8) is 0 Å². The van der Waals surface area contributed by atoms with Crippen molar-refractivity contribution in [2.45, 2.75) is 13.1 Å². The number of rotatable bonds is 4. The summed E-state index contributed by atoms with van der Waals surface area (Å²) in [5.74, 6) is 0. The fraction of sp³-hybridized carbons (Fsp3) is 0.571. The Morgan fingerprint density at radius 1 is 0.857 bits per heavy atom. The Morgan fingerprint density at radius 3 is 1.81 bits per heavy atom. The highest BCUT2D eigenvalue weighted by atomic mass is 32.1. The fourth-order valence-corrected chi connectivity index (χ4v) is 3.78. The Labute approximate surface area is 133 Å². The molecular weight excluding hydrogens is 302 g/mol. The Hall–Kier alpha value is -0.860. The maximum absolute atomic E-state index is 4.40. The molecule has 0 aliphatic carbocycles. The molecular formula is C14H21N5S2. The van der Waals surface area contributed by atoms with Crippen molar-refractivity contribution in [3.05, 3.63) is 33.2 Å². The summed E-state index contributed by atoms with van der Waals surface area (Å²) in [4.78, 5) is 13.8. The second-order valence-electron chi connectivity index (χ2n) is 5.15. The maximum atomic E-state index is 4.40. The van der Waals surface area contributed by atoms with Gasteiger partial charge in [0, 0.05) is 62.4 Å². The van der Waals surface area contributed by atoms with Gasteiger partial charge in [0.15, 0.2) is 0 Å². The minimum absolute atomic E-state index is 0.963. The van der Waals surface area contributed by atoms with Gasteiger partial charge in [-0.05, 0) is 0 Å². The Kier molecular flexibility index (Phi) is 5.70. The standard InChI is InChI=1S/C14H21N5S2/c1-5-18(11-13-16-3-9-20-13)7-8-19(6-2-15-1)12-14-17-4-10-21-14/h3-4,9-10,15H,1-2,5-8,11-12H2. The average molecular weight is 323 g/mol. The topological polar surface area (TPSA) is 44.3 Å². The number of nitrogens with zero attached hydrogens (tertiary/aromatic N) is 4. The van der Waals surface area contributed by atoms with Gasteiger partial charge < -0.3 is 5.32 Å². The predicted molar refractivity (Wildman–Crippen MR) is 87.7 cm³/mol. The first-order valence-corrected chi connectivity index (χ1v) is 9.08. The van der Waals surface area contributed by atoms with E-state index in [4.69, 9.17) is 0 Å². The lowest BCUT2D eigenvalue weighted by Gasteiger charge is -2.24. The Balaban J connectivity index is 1.55. The lowest BCUT2D eigenvalue weighted by atomic mass is 10.4. The Bertz CT molecular complexity index is 453. The van der Waals surface area contributed by atoms with Crippen LogP contribution in [0.3, 0.4) is 0 Å². The number of hydrogen-bond acceptors (Lipinski definition) is 7. The van der Waals surface area contributed by atoms with E-state index < -0.39 is 0 Å². The molecule has 1 saturated heterocycles. The van der Waals surface area contributed by atoms with E-state index in [2.05, 4.69) is 35.8 Å². The summed E-state index contributed by atoms with van der Waals surface area (Å²) in [5.41, 5.74) is 0. The van der Waals surface area contributed by atoms with E-state index in [0.29, 0.717) is 0 Å². The SMILES string of the molecule is c1csc(CN2CCNCCN(Cc3nccs3)CC2)n1. The van der Waals surface area contributed by atoms with E-state index in [-0.39, 0.29) is 0 Å². The van der Waals surface area contributed by atoms with Gasteiger partial charge in [0.05, 0.1) is 13.1 Å². The first-order valence-electron chi connectivity index (χ1n) is 7.32. The molecule has 3 heterocycles. The van der Waals surface area contributed by atoms with Crippen LogP contribution in [-0.2, 0) is 13.1 Å². The molecule has 5 nitrogen and oxygen atoms in total. The largest absolute Gasteiger partial charge is 0.314 e. The molecule has 0 bridgehead atoms. The molecule has 3 rings (SSSR count). The minimum atomic E-state index is 0.963. The van der Waals surface area contributed by atoms with Gasteiger partial charge in [0.2, 0.25) is 0 Å². The molecule has 0 amide bonds. The zero-order valence-electron chi connectivity index (χ0n) is 12.1. The van der Waals surface area contributed by atoms with Crippen LogP contribution in [0.5, 0.6) is 0 Å². The van der Waals surface area contributed by atoms with Gasteiger partial charge in [-0.1, -0.05) is 0 Å². The summed E-state index contributed by atoms with van der Waals surface area (Å²) in [6, 6.07) is 0. The molecule has 0 atom stereocenters. The van der Waals surface area contributed by atoms with E-state index in [1.54, 1.807) is 22.7 Å². The highest BCUT2D eigenvalue weighted by molar-refractivity contribution is 7.09. The number of aromatic nitrogens is 2. The monoisotopic (exact) mass is 323 g/mol. The fourth-order valence-electron chi connectivity index (χ4n) is 2.47. The number of thiazole rings is 2. The molecule has 1 N–H and O–H groups in total. The second-order valence-corrected chi connectivity index (χ2v) is 7.11. The van der Waals surface area contributed by atoms with Crippen molar-refractivity contribution >= 4 is 22.7 Å². The molecule has 0 unspecified atom stereocenters. The van der Waals surface area contributed by atoms with Gasteiger partial charge in [-0.3, -0.25) is 9.80 Å². The zero-order chi connectivity index (χ0) is 14.3. The van der Waals surface area contributed by atoms with Crippen molar-refractivity contribution in [1.82, 2.24) is 25.1 Å². The summed E-state index contributed by atoms with van der Waals surface area (Å²) in [6.07, 6.45) is 3.78. The van der Waals surface area contributed by atoms with Gasteiger partial charge >= 0.3 is 0 Å².